The molecule has 3 aromatic rings. The summed E-state index contributed by atoms with van der Waals surface area (Å²) in [6.45, 7) is 0. The molecule has 1 N–H and O–H groups in total. The van der Waals surface area contributed by atoms with E-state index in [2.05, 4.69) is 6.07 Å². The van der Waals surface area contributed by atoms with E-state index in [1.165, 1.54) is 0 Å². The van der Waals surface area contributed by atoms with Gasteiger partial charge in [0.1, 0.15) is 11.5 Å². The lowest BCUT2D eigenvalue weighted by atomic mass is 10.0. The van der Waals surface area contributed by atoms with Gasteiger partial charge in [0.25, 0.3) is 0 Å². The molecule has 84 valence electrons. The van der Waals surface area contributed by atoms with Gasteiger partial charge in [-0.15, -0.1) is 0 Å². The highest BCUT2D eigenvalue weighted by atomic mass is 16.5. The highest BCUT2D eigenvalue weighted by molar-refractivity contribution is 6.10. The topological polar surface area (TPSA) is 29.5 Å². The predicted molar refractivity (Wildman–Crippen MR) is 69.7 cm³/mol. The third-order valence-electron chi connectivity index (χ3n) is 3.03. The molecule has 2 nitrogen and oxygen atoms in total. The number of fused-ring (bicyclic) bond motifs is 3. The molecule has 2 heteroatoms. The first kappa shape index (κ1) is 9.97. The summed E-state index contributed by atoms with van der Waals surface area (Å²) in [6.07, 6.45) is 0. The Morgan fingerprint density at radius 3 is 2.59 bits per heavy atom. The van der Waals surface area contributed by atoms with Crippen molar-refractivity contribution in [1.29, 1.82) is 0 Å². The molecule has 0 aliphatic heterocycles. The van der Waals surface area contributed by atoms with Crippen molar-refractivity contribution < 1.29 is 9.84 Å². The Balaban J connectivity index is 2.53. The molecular weight excluding hydrogens is 212 g/mol. The van der Waals surface area contributed by atoms with Gasteiger partial charge in [0.2, 0.25) is 0 Å². The van der Waals surface area contributed by atoms with Crippen LogP contribution in [0.1, 0.15) is 0 Å². The maximum atomic E-state index is 9.50. The third kappa shape index (κ3) is 1.49. The lowest BCUT2D eigenvalue weighted by molar-refractivity contribution is 0.420. The van der Waals surface area contributed by atoms with Crippen LogP contribution in [0.3, 0.4) is 0 Å². The van der Waals surface area contributed by atoms with Gasteiger partial charge in [0, 0.05) is 5.39 Å². The maximum absolute atomic E-state index is 9.50. The first-order valence-electron chi connectivity index (χ1n) is 5.48. The molecule has 0 amide bonds. The van der Waals surface area contributed by atoms with Gasteiger partial charge in [-0.2, -0.15) is 0 Å². The Hall–Kier alpha value is -2.22. The highest BCUT2D eigenvalue weighted by Gasteiger charge is 2.06. The van der Waals surface area contributed by atoms with Crippen LogP contribution in [0.5, 0.6) is 11.5 Å². The molecule has 0 atom stereocenters. The number of methoxy groups -OCH3 is 1. The standard InChI is InChI=1S/C15H12O2/c1-17-14-4-2-3-10-5-6-11-9-12(16)7-8-13(11)15(10)14/h2-9,16H,1H3. The molecule has 3 rings (SSSR count). The van der Waals surface area contributed by atoms with Crippen LogP contribution in [0.15, 0.2) is 48.5 Å². The van der Waals surface area contributed by atoms with E-state index >= 15 is 0 Å². The summed E-state index contributed by atoms with van der Waals surface area (Å²) < 4.78 is 5.40. The van der Waals surface area contributed by atoms with E-state index in [1.54, 1.807) is 19.2 Å². The predicted octanol–water partition coefficient (Wildman–Crippen LogP) is 3.71. The molecule has 0 aliphatic rings. The van der Waals surface area contributed by atoms with Gasteiger partial charge in [-0.3, -0.25) is 0 Å². The SMILES string of the molecule is COc1cccc2ccc3cc(O)ccc3c12. The largest absolute Gasteiger partial charge is 0.508 e. The molecule has 0 heterocycles. The van der Waals surface area contributed by atoms with Crippen LogP contribution in [0.4, 0.5) is 0 Å². The smallest absolute Gasteiger partial charge is 0.127 e. The number of hydrogen-bond donors (Lipinski definition) is 1. The highest BCUT2D eigenvalue weighted by Crippen LogP contribution is 2.33. The number of phenols is 1. The Labute approximate surface area is 99.1 Å². The van der Waals surface area contributed by atoms with E-state index in [0.717, 1.165) is 27.3 Å². The Morgan fingerprint density at radius 2 is 1.76 bits per heavy atom. The number of phenolic OH excluding ortho intramolecular Hbond substituents is 1. The lowest BCUT2D eigenvalue weighted by Crippen LogP contribution is -1.85. The fourth-order valence-corrected chi connectivity index (χ4v) is 2.24. The van der Waals surface area contributed by atoms with Crippen LogP contribution in [-0.2, 0) is 0 Å². The molecule has 0 aromatic heterocycles. The fraction of sp³-hybridized carbons (Fsp3) is 0.0667. The van der Waals surface area contributed by atoms with Crippen LogP contribution in [-0.4, -0.2) is 12.2 Å². The average molecular weight is 224 g/mol. The summed E-state index contributed by atoms with van der Waals surface area (Å²) in [5, 5.41) is 13.8. The average Bonchev–Trinajstić information content (AvgIpc) is 2.37. The van der Waals surface area contributed by atoms with Gasteiger partial charge >= 0.3 is 0 Å². The molecule has 0 bridgehead atoms. The minimum absolute atomic E-state index is 0.284. The monoisotopic (exact) mass is 224 g/mol. The van der Waals surface area contributed by atoms with Crippen molar-refractivity contribution in [2.75, 3.05) is 7.11 Å². The lowest BCUT2D eigenvalue weighted by Gasteiger charge is -2.08. The van der Waals surface area contributed by atoms with Crippen molar-refractivity contribution in [3.8, 4) is 11.5 Å². The second kappa shape index (κ2) is 3.67. The molecule has 0 saturated heterocycles. The van der Waals surface area contributed by atoms with E-state index in [9.17, 15) is 5.11 Å². The normalized spacial score (nSPS) is 10.9. The summed E-state index contributed by atoms with van der Waals surface area (Å²) in [7, 11) is 1.67. The molecule has 3 aromatic carbocycles. The summed E-state index contributed by atoms with van der Waals surface area (Å²) >= 11 is 0. The number of rotatable bonds is 1. The van der Waals surface area contributed by atoms with Crippen molar-refractivity contribution in [2.45, 2.75) is 0 Å². The summed E-state index contributed by atoms with van der Waals surface area (Å²) in [6, 6.07) is 15.4. The second-order valence-corrected chi connectivity index (χ2v) is 4.03. The van der Waals surface area contributed by atoms with E-state index in [4.69, 9.17) is 4.74 Å². The van der Waals surface area contributed by atoms with E-state index in [0.29, 0.717) is 0 Å². The van der Waals surface area contributed by atoms with Gasteiger partial charge in [0.15, 0.2) is 0 Å². The minimum atomic E-state index is 0.284. The van der Waals surface area contributed by atoms with Crippen molar-refractivity contribution in [3.63, 3.8) is 0 Å². The summed E-state index contributed by atoms with van der Waals surface area (Å²) in [4.78, 5) is 0. The zero-order chi connectivity index (χ0) is 11.8. The Kier molecular flexibility index (Phi) is 2.15. The Morgan fingerprint density at radius 1 is 0.941 bits per heavy atom. The second-order valence-electron chi connectivity index (χ2n) is 4.03. The third-order valence-corrected chi connectivity index (χ3v) is 3.03. The quantitative estimate of drug-likeness (QED) is 0.638. The number of aromatic hydroxyl groups is 1. The number of ether oxygens (including phenoxy) is 1. The van der Waals surface area contributed by atoms with Crippen LogP contribution in [0.25, 0.3) is 21.5 Å². The zero-order valence-corrected chi connectivity index (χ0v) is 9.47. The van der Waals surface area contributed by atoms with Crippen LogP contribution >= 0.6 is 0 Å². The van der Waals surface area contributed by atoms with E-state index in [1.807, 2.05) is 30.3 Å². The van der Waals surface area contributed by atoms with Crippen molar-refractivity contribution in [1.82, 2.24) is 0 Å². The van der Waals surface area contributed by atoms with Gasteiger partial charge in [-0.25, -0.2) is 0 Å². The molecule has 0 aliphatic carbocycles. The first-order valence-corrected chi connectivity index (χ1v) is 5.48. The first-order chi connectivity index (χ1) is 8.29. The molecule has 0 radical (unpaired) electrons. The summed E-state index contributed by atoms with van der Waals surface area (Å²) in [5.41, 5.74) is 0. The molecule has 0 saturated carbocycles. The number of benzene rings is 3. The van der Waals surface area contributed by atoms with Gasteiger partial charge in [-0.1, -0.05) is 24.3 Å². The van der Waals surface area contributed by atoms with Crippen LogP contribution in [0, 0.1) is 0 Å². The molecule has 0 spiro atoms. The number of hydrogen-bond acceptors (Lipinski definition) is 2. The maximum Gasteiger partial charge on any atom is 0.127 e. The van der Waals surface area contributed by atoms with Crippen molar-refractivity contribution in [3.05, 3.63) is 48.5 Å². The van der Waals surface area contributed by atoms with Crippen LogP contribution < -0.4 is 4.74 Å². The zero-order valence-electron chi connectivity index (χ0n) is 9.47. The van der Waals surface area contributed by atoms with Crippen molar-refractivity contribution in [2.24, 2.45) is 0 Å². The molecule has 0 unspecified atom stereocenters. The fourth-order valence-electron chi connectivity index (χ4n) is 2.24. The van der Waals surface area contributed by atoms with Gasteiger partial charge in [-0.05, 0) is 40.4 Å². The van der Waals surface area contributed by atoms with Crippen molar-refractivity contribution >= 4 is 21.5 Å². The van der Waals surface area contributed by atoms with Gasteiger partial charge < -0.3 is 9.84 Å². The van der Waals surface area contributed by atoms with E-state index in [-0.39, 0.29) is 5.75 Å². The Bertz CT molecular complexity index is 702. The molecular formula is C15H12O2. The van der Waals surface area contributed by atoms with E-state index < -0.39 is 0 Å². The summed E-state index contributed by atoms with van der Waals surface area (Å²) in [5.74, 6) is 1.14. The van der Waals surface area contributed by atoms with Crippen LogP contribution in [0.2, 0.25) is 0 Å². The molecule has 0 fully saturated rings. The minimum Gasteiger partial charge on any atom is -0.508 e. The molecule has 17 heavy (non-hydrogen) atoms. The van der Waals surface area contributed by atoms with Gasteiger partial charge in [0.05, 0.1) is 7.11 Å².